The molecule has 0 bridgehead atoms. The van der Waals surface area contributed by atoms with E-state index in [1.54, 1.807) is 13.8 Å². The maximum absolute atomic E-state index is 11.2. The van der Waals surface area contributed by atoms with E-state index >= 15 is 0 Å². The summed E-state index contributed by atoms with van der Waals surface area (Å²) in [5, 5.41) is 2.67. The molecular weight excluding hydrogens is 238 g/mol. The number of hydrogen-bond acceptors (Lipinski definition) is 5. The third kappa shape index (κ3) is 5.47. The van der Waals surface area contributed by atoms with Crippen LogP contribution in [0.4, 0.5) is 0 Å². The van der Waals surface area contributed by atoms with Gasteiger partial charge in [0.1, 0.15) is 6.61 Å². The van der Waals surface area contributed by atoms with Gasteiger partial charge in [-0.15, -0.1) is 0 Å². The lowest BCUT2D eigenvalue weighted by Gasteiger charge is -2.09. The maximum Gasteiger partial charge on any atom is 0.331 e. The summed E-state index contributed by atoms with van der Waals surface area (Å²) in [6, 6.07) is -0.127. The minimum absolute atomic E-state index is 0.0351. The molecule has 1 amide bonds. The van der Waals surface area contributed by atoms with Crippen LogP contribution in [0.3, 0.4) is 0 Å². The molecule has 1 rings (SSSR count). The largest absolute Gasteiger partial charge is 0.460 e. The van der Waals surface area contributed by atoms with Crippen LogP contribution in [0.2, 0.25) is 0 Å². The Morgan fingerprint density at radius 3 is 2.61 bits per heavy atom. The van der Waals surface area contributed by atoms with Gasteiger partial charge < -0.3 is 14.8 Å². The second-order valence-corrected chi connectivity index (χ2v) is 4.25. The Labute approximate surface area is 105 Å². The van der Waals surface area contributed by atoms with E-state index in [0.29, 0.717) is 12.8 Å². The lowest BCUT2D eigenvalue weighted by atomic mass is 10.2. The van der Waals surface area contributed by atoms with Crippen LogP contribution in [0.25, 0.3) is 0 Å². The molecule has 1 unspecified atom stereocenters. The van der Waals surface area contributed by atoms with E-state index in [0.717, 1.165) is 12.2 Å². The van der Waals surface area contributed by atoms with Crippen LogP contribution in [-0.2, 0) is 23.9 Å². The number of esters is 2. The van der Waals surface area contributed by atoms with Crippen LogP contribution in [0.1, 0.15) is 26.7 Å². The first-order chi connectivity index (χ1) is 8.47. The lowest BCUT2D eigenvalue weighted by molar-refractivity contribution is -0.143. The Morgan fingerprint density at radius 2 is 2.06 bits per heavy atom. The molecule has 0 aromatic carbocycles. The van der Waals surface area contributed by atoms with Crippen LogP contribution in [0.5, 0.6) is 0 Å². The molecule has 1 aliphatic heterocycles. The summed E-state index contributed by atoms with van der Waals surface area (Å²) in [4.78, 5) is 33.2. The van der Waals surface area contributed by atoms with E-state index in [4.69, 9.17) is 9.47 Å². The van der Waals surface area contributed by atoms with Crippen molar-refractivity contribution < 1.29 is 23.9 Å². The zero-order chi connectivity index (χ0) is 13.5. The SMILES string of the molecule is CC(C)OC(=O)/C=C/C(=O)OCC1CCC(=O)N1. The molecule has 0 aromatic rings. The zero-order valence-corrected chi connectivity index (χ0v) is 10.5. The highest BCUT2D eigenvalue weighted by atomic mass is 16.5. The number of nitrogens with one attached hydrogen (secondary N) is 1. The van der Waals surface area contributed by atoms with Crippen LogP contribution < -0.4 is 5.32 Å². The zero-order valence-electron chi connectivity index (χ0n) is 10.5. The predicted molar refractivity (Wildman–Crippen MR) is 62.5 cm³/mol. The van der Waals surface area contributed by atoms with E-state index in [1.807, 2.05) is 0 Å². The van der Waals surface area contributed by atoms with E-state index in [2.05, 4.69) is 5.32 Å². The molecule has 1 fully saturated rings. The number of carbonyl (C=O) groups excluding carboxylic acids is 3. The van der Waals surface area contributed by atoms with Crippen molar-refractivity contribution in [3.8, 4) is 0 Å². The molecule has 0 aliphatic carbocycles. The second-order valence-electron chi connectivity index (χ2n) is 4.25. The van der Waals surface area contributed by atoms with Gasteiger partial charge in [-0.05, 0) is 20.3 Å². The summed E-state index contributed by atoms with van der Waals surface area (Å²) < 4.78 is 9.68. The molecular formula is C12H17NO5. The van der Waals surface area contributed by atoms with Gasteiger partial charge in [0, 0.05) is 18.6 Å². The van der Waals surface area contributed by atoms with Crippen molar-refractivity contribution in [3.63, 3.8) is 0 Å². The van der Waals surface area contributed by atoms with Gasteiger partial charge in [-0.25, -0.2) is 9.59 Å². The molecule has 0 saturated carbocycles. The molecule has 0 radical (unpaired) electrons. The number of hydrogen-bond donors (Lipinski definition) is 1. The summed E-state index contributed by atoms with van der Waals surface area (Å²) in [5.74, 6) is -1.25. The summed E-state index contributed by atoms with van der Waals surface area (Å²) in [6.07, 6.45) is 2.92. The first-order valence-electron chi connectivity index (χ1n) is 5.82. The minimum atomic E-state index is -0.628. The maximum atomic E-state index is 11.2. The fraction of sp³-hybridized carbons (Fsp3) is 0.583. The Balaban J connectivity index is 2.22. The molecule has 1 aliphatic rings. The fourth-order valence-electron chi connectivity index (χ4n) is 1.44. The van der Waals surface area contributed by atoms with Gasteiger partial charge in [0.05, 0.1) is 12.1 Å². The standard InChI is InChI=1S/C12H17NO5/c1-8(2)18-12(16)6-5-11(15)17-7-9-3-4-10(14)13-9/h5-6,8-9H,3-4,7H2,1-2H3,(H,13,14)/b6-5+. The number of carbonyl (C=O) groups is 3. The van der Waals surface area contributed by atoms with E-state index in [1.165, 1.54) is 0 Å². The Hall–Kier alpha value is -1.85. The molecule has 1 atom stereocenters. The average molecular weight is 255 g/mol. The molecule has 0 aromatic heterocycles. The van der Waals surface area contributed by atoms with Crippen LogP contribution in [0.15, 0.2) is 12.2 Å². The van der Waals surface area contributed by atoms with Crippen LogP contribution >= 0.6 is 0 Å². The monoisotopic (exact) mass is 255 g/mol. The predicted octanol–water partition coefficient (Wildman–Crippen LogP) is 0.316. The van der Waals surface area contributed by atoms with Crippen LogP contribution in [-0.4, -0.2) is 36.6 Å². The highest BCUT2D eigenvalue weighted by molar-refractivity contribution is 5.91. The molecule has 100 valence electrons. The molecule has 18 heavy (non-hydrogen) atoms. The van der Waals surface area contributed by atoms with Gasteiger partial charge in [0.15, 0.2) is 0 Å². The van der Waals surface area contributed by atoms with Crippen molar-refractivity contribution in [2.45, 2.75) is 38.8 Å². The molecule has 6 heteroatoms. The third-order valence-corrected chi connectivity index (χ3v) is 2.22. The van der Waals surface area contributed by atoms with Gasteiger partial charge in [0.25, 0.3) is 0 Å². The number of amides is 1. The van der Waals surface area contributed by atoms with Gasteiger partial charge in [-0.2, -0.15) is 0 Å². The number of ether oxygens (including phenoxy) is 2. The normalized spacial score (nSPS) is 19.1. The summed E-state index contributed by atoms with van der Waals surface area (Å²) in [6.45, 7) is 3.55. The Kier molecular flexibility index (Phi) is 5.35. The van der Waals surface area contributed by atoms with Crippen molar-refractivity contribution in [1.29, 1.82) is 0 Å². The summed E-state index contributed by atoms with van der Waals surface area (Å²) in [7, 11) is 0. The quantitative estimate of drug-likeness (QED) is 0.565. The van der Waals surface area contributed by atoms with E-state index in [9.17, 15) is 14.4 Å². The molecule has 1 heterocycles. The molecule has 0 spiro atoms. The summed E-state index contributed by atoms with van der Waals surface area (Å²) >= 11 is 0. The average Bonchev–Trinajstić information content (AvgIpc) is 2.69. The van der Waals surface area contributed by atoms with E-state index < -0.39 is 11.9 Å². The molecule has 1 N–H and O–H groups in total. The first kappa shape index (κ1) is 14.2. The fourth-order valence-corrected chi connectivity index (χ4v) is 1.44. The van der Waals surface area contributed by atoms with Gasteiger partial charge in [-0.1, -0.05) is 0 Å². The third-order valence-electron chi connectivity index (χ3n) is 2.22. The lowest BCUT2D eigenvalue weighted by Crippen LogP contribution is -2.30. The topological polar surface area (TPSA) is 81.7 Å². The van der Waals surface area contributed by atoms with Crippen molar-refractivity contribution in [2.24, 2.45) is 0 Å². The van der Waals surface area contributed by atoms with Crippen molar-refractivity contribution in [2.75, 3.05) is 6.61 Å². The highest BCUT2D eigenvalue weighted by Gasteiger charge is 2.21. The smallest absolute Gasteiger partial charge is 0.331 e. The number of rotatable bonds is 5. The molecule has 1 saturated heterocycles. The van der Waals surface area contributed by atoms with Crippen LogP contribution in [0, 0.1) is 0 Å². The summed E-state index contributed by atoms with van der Waals surface area (Å²) in [5.41, 5.74) is 0. The minimum Gasteiger partial charge on any atom is -0.460 e. The molecule has 6 nitrogen and oxygen atoms in total. The van der Waals surface area contributed by atoms with Gasteiger partial charge in [-0.3, -0.25) is 4.79 Å². The van der Waals surface area contributed by atoms with Crippen molar-refractivity contribution in [3.05, 3.63) is 12.2 Å². The Morgan fingerprint density at radius 1 is 1.39 bits per heavy atom. The van der Waals surface area contributed by atoms with Crippen molar-refractivity contribution in [1.82, 2.24) is 5.32 Å². The first-order valence-corrected chi connectivity index (χ1v) is 5.82. The Bertz CT molecular complexity index is 361. The van der Waals surface area contributed by atoms with Crippen molar-refractivity contribution >= 4 is 17.8 Å². The highest BCUT2D eigenvalue weighted by Crippen LogP contribution is 2.06. The van der Waals surface area contributed by atoms with Gasteiger partial charge in [0.2, 0.25) is 5.91 Å². The van der Waals surface area contributed by atoms with Gasteiger partial charge >= 0.3 is 11.9 Å². The van der Waals surface area contributed by atoms with E-state index in [-0.39, 0.29) is 24.7 Å². The second kappa shape index (κ2) is 6.78.